The summed E-state index contributed by atoms with van der Waals surface area (Å²) in [7, 11) is -3.95. The number of hydrogen-bond donors (Lipinski definition) is 1. The molecule has 0 saturated heterocycles. The van der Waals surface area contributed by atoms with E-state index in [0.29, 0.717) is 13.1 Å². The monoisotopic (exact) mass is 423 g/mol. The lowest BCUT2D eigenvalue weighted by Crippen LogP contribution is -2.30. The molecule has 166 valence electrons. The van der Waals surface area contributed by atoms with E-state index in [1.807, 2.05) is 19.1 Å². The van der Waals surface area contributed by atoms with Crippen molar-refractivity contribution >= 4 is 15.7 Å². The van der Waals surface area contributed by atoms with Gasteiger partial charge in [0.1, 0.15) is 0 Å². The number of unbranched alkanes of at least 4 members (excludes halogenated alkanes) is 9. The molecule has 1 N–H and O–H groups in total. The second kappa shape index (κ2) is 14.8. The van der Waals surface area contributed by atoms with Gasteiger partial charge in [-0.1, -0.05) is 101 Å². The predicted octanol–water partition coefficient (Wildman–Crippen LogP) is 6.33. The van der Waals surface area contributed by atoms with Crippen LogP contribution in [0.5, 0.6) is 0 Å². The van der Waals surface area contributed by atoms with Gasteiger partial charge in [-0.2, -0.15) is 8.42 Å². The van der Waals surface area contributed by atoms with Crippen LogP contribution < -0.4 is 0 Å². The van der Waals surface area contributed by atoms with E-state index < -0.39 is 10.1 Å². The molecule has 1 aromatic rings. The third-order valence-corrected chi connectivity index (χ3v) is 6.06. The number of hydrogen-bond acceptors (Lipinski definition) is 3. The van der Waals surface area contributed by atoms with E-state index >= 15 is 0 Å². The number of nitrogens with zero attached hydrogens (tertiary/aromatic N) is 1. The van der Waals surface area contributed by atoms with Crippen molar-refractivity contribution in [2.45, 2.75) is 84.6 Å². The highest BCUT2D eigenvalue weighted by Crippen LogP contribution is 2.19. The van der Waals surface area contributed by atoms with Crippen LogP contribution in [0.2, 0.25) is 0 Å². The maximum absolute atomic E-state index is 11.2. The van der Waals surface area contributed by atoms with E-state index in [1.165, 1.54) is 57.8 Å². The summed E-state index contributed by atoms with van der Waals surface area (Å²) in [5.41, 5.74) is 3.28. The van der Waals surface area contributed by atoms with Gasteiger partial charge in [0.2, 0.25) is 0 Å². The van der Waals surface area contributed by atoms with E-state index in [1.54, 1.807) is 0 Å². The highest BCUT2D eigenvalue weighted by molar-refractivity contribution is 7.85. The molecule has 1 aromatic carbocycles. The van der Waals surface area contributed by atoms with Gasteiger partial charge in [0.15, 0.2) is 0 Å². The number of allylic oxidation sites excluding steroid dienone is 1. The van der Waals surface area contributed by atoms with E-state index in [-0.39, 0.29) is 5.75 Å². The fraction of sp³-hybridized carbons (Fsp3) is 0.667. The van der Waals surface area contributed by atoms with Crippen LogP contribution in [-0.4, -0.2) is 36.7 Å². The molecule has 1 rings (SSSR count). The first-order valence-electron chi connectivity index (χ1n) is 11.2. The van der Waals surface area contributed by atoms with E-state index in [4.69, 9.17) is 4.55 Å². The van der Waals surface area contributed by atoms with E-state index in [9.17, 15) is 8.42 Å². The van der Waals surface area contributed by atoms with Gasteiger partial charge in [0, 0.05) is 13.1 Å². The van der Waals surface area contributed by atoms with Gasteiger partial charge in [-0.3, -0.25) is 9.45 Å². The summed E-state index contributed by atoms with van der Waals surface area (Å²) >= 11 is 0. The van der Waals surface area contributed by atoms with Gasteiger partial charge < -0.3 is 0 Å². The average molecular weight is 424 g/mol. The topological polar surface area (TPSA) is 57.6 Å². The van der Waals surface area contributed by atoms with Gasteiger partial charge in [-0.05, 0) is 31.0 Å². The third-order valence-electron chi connectivity index (χ3n) is 5.36. The summed E-state index contributed by atoms with van der Waals surface area (Å²) in [5, 5.41) is 0. The zero-order chi connectivity index (χ0) is 21.5. The molecule has 0 spiro atoms. The molecule has 0 aliphatic heterocycles. The summed E-state index contributed by atoms with van der Waals surface area (Å²) in [5.74, 6) is -0.222. The highest BCUT2D eigenvalue weighted by Gasteiger charge is 2.13. The Hall–Kier alpha value is -1.17. The fourth-order valence-electron chi connectivity index (χ4n) is 3.65. The van der Waals surface area contributed by atoms with Crippen LogP contribution in [0.15, 0.2) is 30.8 Å². The van der Waals surface area contributed by atoms with Crippen molar-refractivity contribution in [2.75, 3.05) is 18.8 Å². The fourth-order valence-corrected chi connectivity index (χ4v) is 4.14. The van der Waals surface area contributed by atoms with Gasteiger partial charge in [-0.15, -0.1) is 0 Å². The van der Waals surface area contributed by atoms with Crippen LogP contribution in [0.4, 0.5) is 0 Å². The van der Waals surface area contributed by atoms with E-state index in [2.05, 4.69) is 30.5 Å². The molecule has 5 heteroatoms. The van der Waals surface area contributed by atoms with Crippen LogP contribution in [0, 0.1) is 0 Å². The van der Waals surface area contributed by atoms with Crippen LogP contribution in [-0.2, 0) is 16.7 Å². The second-order valence-electron chi connectivity index (χ2n) is 8.18. The molecular weight excluding hydrogens is 382 g/mol. The van der Waals surface area contributed by atoms with Crippen molar-refractivity contribution in [1.82, 2.24) is 4.90 Å². The Bertz CT molecular complexity index is 685. The minimum absolute atomic E-state index is 0.222. The SMILES string of the molecule is C=C(C)c1ccccc1CN(CCCCCCCCCCCC)CCS(=O)(=O)O. The van der Waals surface area contributed by atoms with Crippen LogP contribution in [0.1, 0.15) is 89.2 Å². The Labute approximate surface area is 179 Å². The standard InChI is InChI=1S/C24H41NO3S/c1-4-5-6-7-8-9-10-11-12-15-18-25(19-20-29(26,27)28)21-23-16-13-14-17-24(23)22(2)3/h13-14,16-17H,2,4-12,15,18-21H2,1,3H3,(H,26,27,28). The second-order valence-corrected chi connectivity index (χ2v) is 9.75. The molecule has 0 saturated carbocycles. The van der Waals surface area contributed by atoms with Crippen molar-refractivity contribution in [3.05, 3.63) is 42.0 Å². The van der Waals surface area contributed by atoms with Crippen LogP contribution in [0.25, 0.3) is 5.57 Å². The van der Waals surface area contributed by atoms with Gasteiger partial charge in [0.05, 0.1) is 5.75 Å². The Morgan fingerprint density at radius 1 is 0.931 bits per heavy atom. The van der Waals surface area contributed by atoms with Crippen molar-refractivity contribution in [2.24, 2.45) is 0 Å². The molecule has 0 aliphatic rings. The zero-order valence-corrected chi connectivity index (χ0v) is 19.4. The first-order valence-corrected chi connectivity index (χ1v) is 12.9. The van der Waals surface area contributed by atoms with Gasteiger partial charge in [0.25, 0.3) is 10.1 Å². The Balaban J connectivity index is 2.43. The number of rotatable bonds is 17. The molecular formula is C24H41NO3S. The maximum Gasteiger partial charge on any atom is 0.266 e. The summed E-state index contributed by atoms with van der Waals surface area (Å²) in [6.45, 7) is 10.2. The molecule has 0 atom stereocenters. The summed E-state index contributed by atoms with van der Waals surface area (Å²) in [4.78, 5) is 2.14. The molecule has 0 aromatic heterocycles. The third kappa shape index (κ3) is 12.9. The van der Waals surface area contributed by atoms with Crippen molar-refractivity contribution in [1.29, 1.82) is 0 Å². The van der Waals surface area contributed by atoms with Crippen LogP contribution in [0.3, 0.4) is 0 Å². The summed E-state index contributed by atoms with van der Waals surface area (Å²) in [6.07, 6.45) is 12.8. The maximum atomic E-state index is 11.2. The first kappa shape index (κ1) is 25.9. The lowest BCUT2D eigenvalue weighted by molar-refractivity contribution is 0.271. The molecule has 0 unspecified atom stereocenters. The normalized spacial score (nSPS) is 11.9. The van der Waals surface area contributed by atoms with Crippen LogP contribution >= 0.6 is 0 Å². The van der Waals surface area contributed by atoms with Gasteiger partial charge >= 0.3 is 0 Å². The Morgan fingerprint density at radius 2 is 1.48 bits per heavy atom. The molecule has 0 amide bonds. The largest absolute Gasteiger partial charge is 0.298 e. The predicted molar refractivity (Wildman–Crippen MR) is 125 cm³/mol. The summed E-state index contributed by atoms with van der Waals surface area (Å²) in [6, 6.07) is 8.13. The number of benzene rings is 1. The van der Waals surface area contributed by atoms with Crippen molar-refractivity contribution in [3.63, 3.8) is 0 Å². The Morgan fingerprint density at radius 3 is 2.03 bits per heavy atom. The zero-order valence-electron chi connectivity index (χ0n) is 18.5. The van der Waals surface area contributed by atoms with Gasteiger partial charge in [-0.25, -0.2) is 0 Å². The van der Waals surface area contributed by atoms with E-state index in [0.717, 1.165) is 29.7 Å². The van der Waals surface area contributed by atoms with Crippen molar-refractivity contribution in [3.8, 4) is 0 Å². The molecule has 0 aliphatic carbocycles. The smallest absolute Gasteiger partial charge is 0.266 e. The quantitative estimate of drug-likeness (QED) is 0.235. The molecule has 0 radical (unpaired) electrons. The lowest BCUT2D eigenvalue weighted by Gasteiger charge is -2.23. The molecule has 0 bridgehead atoms. The minimum atomic E-state index is -3.95. The average Bonchev–Trinajstić information content (AvgIpc) is 2.67. The molecule has 0 heterocycles. The lowest BCUT2D eigenvalue weighted by atomic mass is 10.0. The minimum Gasteiger partial charge on any atom is -0.298 e. The molecule has 4 nitrogen and oxygen atoms in total. The van der Waals surface area contributed by atoms with Crippen molar-refractivity contribution < 1.29 is 13.0 Å². The summed E-state index contributed by atoms with van der Waals surface area (Å²) < 4.78 is 31.6. The Kier molecular flexibility index (Phi) is 13.2. The first-order chi connectivity index (χ1) is 13.8. The molecule has 0 fully saturated rings. The molecule has 29 heavy (non-hydrogen) atoms. The highest BCUT2D eigenvalue weighted by atomic mass is 32.2.